The minimum Gasteiger partial charge on any atom is -0.493 e. The minimum absolute atomic E-state index is 0.166. The first-order valence-electron chi connectivity index (χ1n) is 9.18. The highest BCUT2D eigenvalue weighted by molar-refractivity contribution is 6.30. The summed E-state index contributed by atoms with van der Waals surface area (Å²) in [5, 5.41) is 7.55. The normalized spacial score (nSPS) is 11.8. The molecule has 0 saturated carbocycles. The lowest BCUT2D eigenvalue weighted by atomic mass is 10.1. The van der Waals surface area contributed by atoms with Crippen LogP contribution in [0.25, 0.3) is 0 Å². The van der Waals surface area contributed by atoms with E-state index in [0.717, 1.165) is 16.8 Å². The smallest absolute Gasteiger partial charge is 0.251 e. The van der Waals surface area contributed by atoms with E-state index in [1.54, 1.807) is 30.3 Å². The van der Waals surface area contributed by atoms with Crippen LogP contribution in [-0.4, -0.2) is 18.2 Å². The molecule has 0 saturated heterocycles. The summed E-state index contributed by atoms with van der Waals surface area (Å²) >= 11 is 5.92. The standard InChI is InChI=1S/C22H23ClN2O4/c1-13(16-5-8-18(23)9-6-16)24-22(26)17-7-10-20(21(11-17)27-4)28-12-19-14(2)25-29-15(19)3/h5-11,13H,12H2,1-4H3,(H,24,26). The molecule has 0 aliphatic rings. The molecule has 6 nitrogen and oxygen atoms in total. The number of methoxy groups -OCH3 is 1. The number of hydrogen-bond donors (Lipinski definition) is 1. The molecule has 29 heavy (non-hydrogen) atoms. The van der Waals surface area contributed by atoms with Gasteiger partial charge in [-0.25, -0.2) is 0 Å². The number of nitrogens with one attached hydrogen (secondary N) is 1. The van der Waals surface area contributed by atoms with Gasteiger partial charge >= 0.3 is 0 Å². The number of carbonyl (C=O) groups is 1. The van der Waals surface area contributed by atoms with Crippen LogP contribution in [0.3, 0.4) is 0 Å². The third-order valence-corrected chi connectivity index (χ3v) is 4.95. The average Bonchev–Trinajstić information content (AvgIpc) is 3.04. The van der Waals surface area contributed by atoms with Crippen molar-refractivity contribution >= 4 is 17.5 Å². The number of amides is 1. The number of rotatable bonds is 7. The first-order chi connectivity index (χ1) is 13.9. The van der Waals surface area contributed by atoms with Gasteiger partial charge in [0.2, 0.25) is 0 Å². The summed E-state index contributed by atoms with van der Waals surface area (Å²) in [6.45, 7) is 5.92. The molecule has 0 spiro atoms. The Morgan fingerprint density at radius 1 is 1.17 bits per heavy atom. The molecule has 7 heteroatoms. The second kappa shape index (κ2) is 9.01. The summed E-state index contributed by atoms with van der Waals surface area (Å²) in [5.74, 6) is 1.52. The third-order valence-electron chi connectivity index (χ3n) is 4.70. The highest BCUT2D eigenvalue weighted by Crippen LogP contribution is 2.30. The number of halogens is 1. The number of nitrogens with zero attached hydrogens (tertiary/aromatic N) is 1. The third kappa shape index (κ3) is 4.90. The molecule has 0 radical (unpaired) electrons. The Morgan fingerprint density at radius 2 is 1.90 bits per heavy atom. The van der Waals surface area contributed by atoms with Crippen LogP contribution in [0.1, 0.15) is 45.9 Å². The van der Waals surface area contributed by atoms with Crippen molar-refractivity contribution in [2.24, 2.45) is 0 Å². The quantitative estimate of drug-likeness (QED) is 0.587. The Morgan fingerprint density at radius 3 is 2.52 bits per heavy atom. The van der Waals surface area contributed by atoms with Crippen molar-refractivity contribution in [1.82, 2.24) is 10.5 Å². The van der Waals surface area contributed by atoms with Crippen LogP contribution in [0.4, 0.5) is 0 Å². The minimum atomic E-state index is -0.206. The molecule has 1 unspecified atom stereocenters. The number of aromatic nitrogens is 1. The van der Waals surface area contributed by atoms with Gasteiger partial charge in [0.25, 0.3) is 5.91 Å². The zero-order valence-corrected chi connectivity index (χ0v) is 17.5. The Kier molecular flexibility index (Phi) is 6.44. The Balaban J connectivity index is 1.70. The van der Waals surface area contributed by atoms with Crippen LogP contribution in [0, 0.1) is 13.8 Å². The fourth-order valence-electron chi connectivity index (χ4n) is 2.90. The maximum absolute atomic E-state index is 12.7. The van der Waals surface area contributed by atoms with Crippen molar-refractivity contribution in [1.29, 1.82) is 0 Å². The molecule has 2 aromatic carbocycles. The van der Waals surface area contributed by atoms with E-state index in [2.05, 4.69) is 10.5 Å². The Hall–Kier alpha value is -2.99. The summed E-state index contributed by atoms with van der Waals surface area (Å²) in [6.07, 6.45) is 0. The summed E-state index contributed by atoms with van der Waals surface area (Å²) < 4.78 is 16.4. The summed E-state index contributed by atoms with van der Waals surface area (Å²) in [6, 6.07) is 12.3. The van der Waals surface area contributed by atoms with Crippen LogP contribution < -0.4 is 14.8 Å². The number of hydrogen-bond acceptors (Lipinski definition) is 5. The van der Waals surface area contributed by atoms with Gasteiger partial charge < -0.3 is 19.3 Å². The number of ether oxygens (including phenoxy) is 2. The van der Waals surface area contributed by atoms with Crippen LogP contribution in [0.2, 0.25) is 5.02 Å². The number of benzene rings is 2. The number of aryl methyl sites for hydroxylation is 2. The fraction of sp³-hybridized carbons (Fsp3) is 0.273. The van der Waals surface area contributed by atoms with Gasteiger partial charge in [-0.2, -0.15) is 0 Å². The van der Waals surface area contributed by atoms with Crippen LogP contribution in [0.5, 0.6) is 11.5 Å². The van der Waals surface area contributed by atoms with Crippen molar-refractivity contribution < 1.29 is 18.8 Å². The van der Waals surface area contributed by atoms with E-state index in [-0.39, 0.29) is 11.9 Å². The largest absolute Gasteiger partial charge is 0.493 e. The van der Waals surface area contributed by atoms with Gasteiger partial charge in [-0.15, -0.1) is 0 Å². The summed E-state index contributed by atoms with van der Waals surface area (Å²) in [5.41, 5.74) is 3.13. The molecule has 0 fully saturated rings. The Labute approximate surface area is 174 Å². The molecule has 0 aliphatic heterocycles. The van der Waals surface area contributed by atoms with E-state index in [4.69, 9.17) is 25.6 Å². The maximum Gasteiger partial charge on any atom is 0.251 e. The SMILES string of the molecule is COc1cc(C(=O)NC(C)c2ccc(Cl)cc2)ccc1OCc1c(C)noc1C. The lowest BCUT2D eigenvalue weighted by Gasteiger charge is -2.16. The molecule has 1 amide bonds. The molecular formula is C22H23ClN2O4. The van der Waals surface area contributed by atoms with Gasteiger partial charge in [0.05, 0.1) is 24.4 Å². The van der Waals surface area contributed by atoms with Crippen LogP contribution in [-0.2, 0) is 6.61 Å². The zero-order valence-electron chi connectivity index (χ0n) is 16.8. The molecule has 0 bridgehead atoms. The molecule has 3 rings (SSSR count). The van der Waals surface area contributed by atoms with Crippen LogP contribution in [0.15, 0.2) is 47.0 Å². The first-order valence-corrected chi connectivity index (χ1v) is 9.55. The van der Waals surface area contributed by atoms with Crippen molar-refractivity contribution in [3.05, 3.63) is 75.6 Å². The fourth-order valence-corrected chi connectivity index (χ4v) is 3.03. The second-order valence-corrected chi connectivity index (χ2v) is 7.14. The molecular weight excluding hydrogens is 392 g/mol. The monoisotopic (exact) mass is 414 g/mol. The maximum atomic E-state index is 12.7. The predicted octanol–water partition coefficient (Wildman–Crippen LogP) is 5.02. The molecule has 1 N–H and O–H groups in total. The second-order valence-electron chi connectivity index (χ2n) is 6.70. The van der Waals surface area contributed by atoms with E-state index in [0.29, 0.717) is 34.5 Å². The number of carbonyl (C=O) groups excluding carboxylic acids is 1. The topological polar surface area (TPSA) is 73.6 Å². The zero-order chi connectivity index (χ0) is 21.0. The lowest BCUT2D eigenvalue weighted by Crippen LogP contribution is -2.26. The van der Waals surface area contributed by atoms with Gasteiger partial charge in [0.1, 0.15) is 12.4 Å². The van der Waals surface area contributed by atoms with E-state index in [1.807, 2.05) is 32.9 Å². The van der Waals surface area contributed by atoms with Crippen molar-refractivity contribution in [3.8, 4) is 11.5 Å². The van der Waals surface area contributed by atoms with Crippen molar-refractivity contribution in [3.63, 3.8) is 0 Å². The highest BCUT2D eigenvalue weighted by atomic mass is 35.5. The Bertz CT molecular complexity index is 979. The summed E-state index contributed by atoms with van der Waals surface area (Å²) in [4.78, 5) is 12.7. The van der Waals surface area contributed by atoms with E-state index >= 15 is 0 Å². The van der Waals surface area contributed by atoms with E-state index in [1.165, 1.54) is 7.11 Å². The first kappa shape index (κ1) is 20.7. The van der Waals surface area contributed by atoms with Gasteiger partial charge in [-0.3, -0.25) is 4.79 Å². The van der Waals surface area contributed by atoms with Gasteiger partial charge in [-0.1, -0.05) is 28.9 Å². The van der Waals surface area contributed by atoms with Crippen LogP contribution >= 0.6 is 11.6 Å². The molecule has 152 valence electrons. The highest BCUT2D eigenvalue weighted by Gasteiger charge is 2.16. The van der Waals surface area contributed by atoms with Gasteiger partial charge in [-0.05, 0) is 56.7 Å². The molecule has 1 heterocycles. The van der Waals surface area contributed by atoms with Gasteiger partial charge in [0.15, 0.2) is 11.5 Å². The molecule has 0 aliphatic carbocycles. The molecule has 3 aromatic rings. The average molecular weight is 415 g/mol. The van der Waals surface area contributed by atoms with Gasteiger partial charge in [0, 0.05) is 10.6 Å². The lowest BCUT2D eigenvalue weighted by molar-refractivity contribution is 0.0939. The van der Waals surface area contributed by atoms with Crippen molar-refractivity contribution in [2.45, 2.75) is 33.4 Å². The predicted molar refractivity (Wildman–Crippen MR) is 111 cm³/mol. The molecule has 1 aromatic heterocycles. The van der Waals surface area contributed by atoms with E-state index < -0.39 is 0 Å². The summed E-state index contributed by atoms with van der Waals surface area (Å²) in [7, 11) is 1.54. The van der Waals surface area contributed by atoms with Crippen molar-refractivity contribution in [2.75, 3.05) is 7.11 Å². The molecule has 1 atom stereocenters. The van der Waals surface area contributed by atoms with E-state index in [9.17, 15) is 4.79 Å².